The zero-order valence-electron chi connectivity index (χ0n) is 13.5. The molecule has 4 heteroatoms. The number of hydrogen-bond donors (Lipinski definition) is 0. The molecule has 0 spiro atoms. The van der Waals surface area contributed by atoms with Gasteiger partial charge in [0.15, 0.2) is 0 Å². The Morgan fingerprint density at radius 3 is 2.09 bits per heavy atom. The van der Waals surface area contributed by atoms with Crippen LogP contribution in [0, 0.1) is 5.82 Å². The fourth-order valence-electron chi connectivity index (χ4n) is 2.18. The molecule has 122 valence electrons. The van der Waals surface area contributed by atoms with Crippen molar-refractivity contribution in [3.63, 3.8) is 0 Å². The van der Waals surface area contributed by atoms with Gasteiger partial charge in [-0.2, -0.15) is 0 Å². The van der Waals surface area contributed by atoms with E-state index in [9.17, 15) is 8.96 Å². The highest BCUT2D eigenvalue weighted by atomic mass is 31.2. The molecule has 0 N–H and O–H groups in total. The first-order valence-electron chi connectivity index (χ1n) is 7.82. The standard InChI is InChI=1S/C10H14FO2P.C9H8/c1-3-13-14(12,4-2)10-7-5-9(11)6-8-10;1-2-4-8(5-3-1)9-6-7-9/h5-8H,3-4H2,1-2H3;1-7,9H. The summed E-state index contributed by atoms with van der Waals surface area (Å²) >= 11 is 0. The molecule has 1 aliphatic carbocycles. The molecule has 0 amide bonds. The first kappa shape index (κ1) is 17.7. The van der Waals surface area contributed by atoms with E-state index in [1.807, 2.05) is 6.07 Å². The second kappa shape index (κ2) is 8.24. The Bertz CT molecular complexity index is 674. The van der Waals surface area contributed by atoms with Crippen LogP contribution < -0.4 is 5.30 Å². The van der Waals surface area contributed by atoms with Crippen molar-refractivity contribution >= 4 is 12.7 Å². The third-order valence-electron chi connectivity index (χ3n) is 3.54. The fraction of sp³-hybridized carbons (Fsp3) is 0.263. The first-order chi connectivity index (χ1) is 11.1. The Kier molecular flexibility index (Phi) is 6.32. The minimum atomic E-state index is -2.74. The van der Waals surface area contributed by atoms with Crippen LogP contribution in [-0.2, 0) is 9.09 Å². The van der Waals surface area contributed by atoms with E-state index in [0.717, 1.165) is 0 Å². The molecule has 0 saturated heterocycles. The Morgan fingerprint density at radius 2 is 1.61 bits per heavy atom. The monoisotopic (exact) mass is 332 g/mol. The lowest BCUT2D eigenvalue weighted by Gasteiger charge is -2.15. The van der Waals surface area contributed by atoms with Gasteiger partial charge in [-0.05, 0) is 36.8 Å². The zero-order chi connectivity index (χ0) is 16.7. The highest BCUT2D eigenvalue weighted by Crippen LogP contribution is 2.44. The molecule has 23 heavy (non-hydrogen) atoms. The van der Waals surface area contributed by atoms with Gasteiger partial charge in [-0.1, -0.05) is 49.4 Å². The molecule has 2 aromatic carbocycles. The van der Waals surface area contributed by atoms with Crippen LogP contribution in [0.15, 0.2) is 66.7 Å². The zero-order valence-corrected chi connectivity index (χ0v) is 14.4. The summed E-state index contributed by atoms with van der Waals surface area (Å²) < 4.78 is 30.0. The van der Waals surface area contributed by atoms with Gasteiger partial charge in [0.05, 0.1) is 6.61 Å². The van der Waals surface area contributed by atoms with Crippen molar-refractivity contribution in [3.05, 3.63) is 78.1 Å². The van der Waals surface area contributed by atoms with E-state index in [4.69, 9.17) is 4.52 Å². The highest BCUT2D eigenvalue weighted by Gasteiger charge is 2.22. The quantitative estimate of drug-likeness (QED) is 0.561. The van der Waals surface area contributed by atoms with E-state index in [-0.39, 0.29) is 5.82 Å². The normalized spacial score (nSPS) is 15.4. The van der Waals surface area contributed by atoms with Crippen molar-refractivity contribution < 1.29 is 13.5 Å². The van der Waals surface area contributed by atoms with Crippen LogP contribution >= 0.6 is 7.37 Å². The highest BCUT2D eigenvalue weighted by molar-refractivity contribution is 7.66. The Hall–Kier alpha value is -1.70. The average molecular weight is 332 g/mol. The summed E-state index contributed by atoms with van der Waals surface area (Å²) in [6.07, 6.45) is 4.84. The summed E-state index contributed by atoms with van der Waals surface area (Å²) in [7, 11) is -2.74. The molecule has 0 aromatic heterocycles. The van der Waals surface area contributed by atoms with E-state index in [0.29, 0.717) is 24.0 Å². The molecule has 0 aliphatic heterocycles. The Morgan fingerprint density at radius 1 is 1.00 bits per heavy atom. The van der Waals surface area contributed by atoms with Gasteiger partial charge in [-0.25, -0.2) is 4.39 Å². The van der Waals surface area contributed by atoms with E-state index in [1.165, 1.54) is 29.8 Å². The van der Waals surface area contributed by atoms with Crippen LogP contribution in [-0.4, -0.2) is 12.8 Å². The average Bonchev–Trinajstić information content (AvgIpc) is 3.42. The van der Waals surface area contributed by atoms with E-state index in [2.05, 4.69) is 36.4 Å². The van der Waals surface area contributed by atoms with Crippen molar-refractivity contribution in [1.82, 2.24) is 0 Å². The van der Waals surface area contributed by atoms with Crippen LogP contribution in [0.3, 0.4) is 0 Å². The van der Waals surface area contributed by atoms with Gasteiger partial charge in [0.25, 0.3) is 0 Å². The molecule has 1 aliphatic rings. The van der Waals surface area contributed by atoms with Gasteiger partial charge in [-0.3, -0.25) is 4.57 Å². The fourth-order valence-corrected chi connectivity index (χ4v) is 3.90. The second-order valence-corrected chi connectivity index (χ2v) is 7.96. The minimum Gasteiger partial charge on any atom is -0.326 e. The van der Waals surface area contributed by atoms with Crippen LogP contribution in [0.2, 0.25) is 0 Å². The largest absolute Gasteiger partial charge is 0.326 e. The number of benzene rings is 2. The second-order valence-electron chi connectivity index (χ2n) is 5.21. The molecule has 2 aromatic rings. The van der Waals surface area contributed by atoms with Crippen molar-refractivity contribution in [2.24, 2.45) is 0 Å². The minimum absolute atomic E-state index is 0.326. The van der Waals surface area contributed by atoms with E-state index >= 15 is 0 Å². The van der Waals surface area contributed by atoms with E-state index < -0.39 is 7.37 Å². The maximum atomic E-state index is 12.6. The number of hydrogen-bond acceptors (Lipinski definition) is 2. The summed E-state index contributed by atoms with van der Waals surface area (Å²) in [4.78, 5) is 0. The lowest BCUT2D eigenvalue weighted by Crippen LogP contribution is -2.09. The number of allylic oxidation sites excluding steroid dienone is 2. The summed E-state index contributed by atoms with van der Waals surface area (Å²) in [5.41, 5.74) is 1.41. The predicted octanol–water partition coefficient (Wildman–Crippen LogP) is 5.13. The molecule has 1 unspecified atom stereocenters. The van der Waals surface area contributed by atoms with Gasteiger partial charge in [0.2, 0.25) is 7.37 Å². The van der Waals surface area contributed by atoms with Crippen molar-refractivity contribution in [1.29, 1.82) is 0 Å². The van der Waals surface area contributed by atoms with Crippen LogP contribution in [0.25, 0.3) is 0 Å². The Balaban J connectivity index is 0.000000182. The summed E-state index contributed by atoms with van der Waals surface area (Å²) in [6.45, 7) is 4.01. The van der Waals surface area contributed by atoms with Gasteiger partial charge < -0.3 is 4.52 Å². The molecule has 0 saturated carbocycles. The number of halogens is 1. The first-order valence-corrected chi connectivity index (χ1v) is 9.63. The van der Waals surface area contributed by atoms with Crippen molar-refractivity contribution in [2.75, 3.05) is 12.8 Å². The van der Waals surface area contributed by atoms with Gasteiger partial charge in [-0.15, -0.1) is 0 Å². The molecule has 0 fully saturated rings. The maximum absolute atomic E-state index is 12.6. The lowest BCUT2D eigenvalue weighted by atomic mass is 10.1. The smallest absolute Gasteiger partial charge is 0.231 e. The van der Waals surface area contributed by atoms with Crippen molar-refractivity contribution in [2.45, 2.75) is 19.8 Å². The molecule has 0 radical (unpaired) electrons. The SMILES string of the molecule is C1=CC1c1ccccc1.CCOP(=O)(CC)c1ccc(F)cc1. The number of rotatable bonds is 5. The Labute approximate surface area is 137 Å². The third kappa shape index (κ3) is 5.16. The van der Waals surface area contributed by atoms with Gasteiger partial charge >= 0.3 is 0 Å². The lowest BCUT2D eigenvalue weighted by molar-refractivity contribution is 0.341. The van der Waals surface area contributed by atoms with Crippen LogP contribution in [0.5, 0.6) is 0 Å². The van der Waals surface area contributed by atoms with E-state index in [1.54, 1.807) is 13.8 Å². The molecule has 3 rings (SSSR count). The topological polar surface area (TPSA) is 26.3 Å². The molecular formula is C19H22FO2P. The maximum Gasteiger partial charge on any atom is 0.231 e. The van der Waals surface area contributed by atoms with Crippen molar-refractivity contribution in [3.8, 4) is 0 Å². The van der Waals surface area contributed by atoms with Crippen LogP contribution in [0.1, 0.15) is 25.3 Å². The molecular weight excluding hydrogens is 310 g/mol. The van der Waals surface area contributed by atoms with Gasteiger partial charge in [0.1, 0.15) is 5.82 Å². The molecule has 2 nitrogen and oxygen atoms in total. The van der Waals surface area contributed by atoms with Gasteiger partial charge in [0, 0.05) is 17.4 Å². The third-order valence-corrected chi connectivity index (χ3v) is 6.14. The molecule has 0 heterocycles. The summed E-state index contributed by atoms with van der Waals surface area (Å²) in [6, 6.07) is 16.2. The molecule has 1 atom stereocenters. The molecule has 0 bridgehead atoms. The van der Waals surface area contributed by atoms with Crippen LogP contribution in [0.4, 0.5) is 4.39 Å². The summed E-state index contributed by atoms with van der Waals surface area (Å²) in [5.74, 6) is 0.333. The predicted molar refractivity (Wildman–Crippen MR) is 94.1 cm³/mol. The summed E-state index contributed by atoms with van der Waals surface area (Å²) in [5, 5.41) is 0.586.